The summed E-state index contributed by atoms with van der Waals surface area (Å²) in [5, 5.41) is 1.26. The minimum Gasteiger partial charge on any atom is -0.457 e. The molecular formula is C21H19ClO4S. The van der Waals surface area contributed by atoms with Crippen molar-refractivity contribution in [1.82, 2.24) is 0 Å². The Kier molecular flexibility index (Phi) is 5.06. The van der Waals surface area contributed by atoms with Crippen LogP contribution in [0.1, 0.15) is 50.5 Å². The average molecular weight is 403 g/mol. The Balaban J connectivity index is 1.57. The van der Waals surface area contributed by atoms with Crippen molar-refractivity contribution in [2.24, 2.45) is 0 Å². The van der Waals surface area contributed by atoms with Gasteiger partial charge in [0.25, 0.3) is 0 Å². The van der Waals surface area contributed by atoms with Crippen LogP contribution in [0.25, 0.3) is 11.0 Å². The van der Waals surface area contributed by atoms with Crippen LogP contribution in [-0.2, 0) is 24.2 Å². The Morgan fingerprint density at radius 2 is 2.00 bits per heavy atom. The van der Waals surface area contributed by atoms with Gasteiger partial charge in [-0.1, -0.05) is 18.0 Å². The number of ether oxygens (including phenoxy) is 1. The van der Waals surface area contributed by atoms with Gasteiger partial charge in [0.1, 0.15) is 17.1 Å². The normalized spacial score (nSPS) is 14.0. The van der Waals surface area contributed by atoms with Crippen LogP contribution < -0.4 is 5.63 Å². The molecule has 1 aliphatic carbocycles. The van der Waals surface area contributed by atoms with Gasteiger partial charge in [0.05, 0.1) is 0 Å². The van der Waals surface area contributed by atoms with E-state index in [0.29, 0.717) is 26.4 Å². The molecule has 0 fully saturated rings. The van der Waals surface area contributed by atoms with Crippen molar-refractivity contribution in [3.63, 3.8) is 0 Å². The van der Waals surface area contributed by atoms with Crippen molar-refractivity contribution in [1.29, 1.82) is 0 Å². The molecule has 6 heteroatoms. The predicted molar refractivity (Wildman–Crippen MR) is 107 cm³/mol. The van der Waals surface area contributed by atoms with Crippen LogP contribution in [0, 0.1) is 6.92 Å². The van der Waals surface area contributed by atoms with Crippen molar-refractivity contribution < 1.29 is 13.9 Å². The van der Waals surface area contributed by atoms with Gasteiger partial charge < -0.3 is 9.15 Å². The zero-order chi connectivity index (χ0) is 19.0. The molecule has 0 bridgehead atoms. The lowest BCUT2D eigenvalue weighted by Gasteiger charge is -2.08. The van der Waals surface area contributed by atoms with Gasteiger partial charge in [-0.25, -0.2) is 9.59 Å². The fraction of sp³-hybridized carbons (Fsp3) is 0.333. The summed E-state index contributed by atoms with van der Waals surface area (Å²) in [6.07, 6.45) is 5.65. The van der Waals surface area contributed by atoms with Gasteiger partial charge >= 0.3 is 11.6 Å². The molecule has 0 saturated heterocycles. The zero-order valence-electron chi connectivity index (χ0n) is 15.0. The Morgan fingerprint density at radius 3 is 2.85 bits per heavy atom. The summed E-state index contributed by atoms with van der Waals surface area (Å²) in [5.41, 5.74) is 2.66. The molecule has 0 N–H and O–H groups in total. The van der Waals surface area contributed by atoms with Crippen molar-refractivity contribution in [3.8, 4) is 0 Å². The molecule has 140 valence electrons. The number of carbonyl (C=O) groups excluding carboxylic acids is 1. The number of esters is 1. The quantitative estimate of drug-likeness (QED) is 0.332. The second-order valence-electron chi connectivity index (χ2n) is 6.88. The van der Waals surface area contributed by atoms with Crippen LogP contribution in [0.15, 0.2) is 33.5 Å². The van der Waals surface area contributed by atoms with Crippen LogP contribution in [0.2, 0.25) is 5.02 Å². The van der Waals surface area contributed by atoms with E-state index in [1.807, 2.05) is 13.0 Å². The van der Waals surface area contributed by atoms with Crippen LogP contribution >= 0.6 is 22.9 Å². The molecule has 0 saturated carbocycles. The second kappa shape index (κ2) is 7.49. The molecule has 2 heterocycles. The van der Waals surface area contributed by atoms with Gasteiger partial charge in [0, 0.05) is 26.9 Å². The molecular weight excluding hydrogens is 384 g/mol. The maximum atomic E-state index is 12.5. The Hall–Kier alpha value is -2.11. The Bertz CT molecular complexity index is 1060. The highest BCUT2D eigenvalue weighted by Crippen LogP contribution is 2.30. The molecule has 3 aromatic rings. The standard InChI is InChI=1S/C21H19ClO4S/c1-12-7-17-15(10-16(12)22)14(9-20(23)26-17)11-25-21(24)19-8-13-5-3-2-4-6-18(13)27-19/h7-10H,2-6,11H2,1H3. The van der Waals surface area contributed by atoms with E-state index < -0.39 is 5.63 Å². The van der Waals surface area contributed by atoms with Gasteiger partial charge in [-0.05, 0) is 61.9 Å². The fourth-order valence-corrected chi connectivity index (χ4v) is 4.76. The van der Waals surface area contributed by atoms with Crippen molar-refractivity contribution in [3.05, 3.63) is 66.2 Å². The first-order chi connectivity index (χ1) is 13.0. The summed E-state index contributed by atoms with van der Waals surface area (Å²) >= 11 is 7.73. The first-order valence-electron chi connectivity index (χ1n) is 9.03. The number of rotatable bonds is 3. The largest absolute Gasteiger partial charge is 0.457 e. The Morgan fingerprint density at radius 1 is 1.19 bits per heavy atom. The van der Waals surface area contributed by atoms with E-state index in [4.69, 9.17) is 20.8 Å². The van der Waals surface area contributed by atoms with Gasteiger partial charge in [0.2, 0.25) is 0 Å². The van der Waals surface area contributed by atoms with Gasteiger partial charge in [0.15, 0.2) is 0 Å². The van der Waals surface area contributed by atoms with Gasteiger partial charge in [-0.3, -0.25) is 0 Å². The Labute approximate surface area is 165 Å². The van der Waals surface area contributed by atoms with Crippen molar-refractivity contribution >= 4 is 39.9 Å². The minimum atomic E-state index is -0.474. The number of carbonyl (C=O) groups is 1. The summed E-state index contributed by atoms with van der Waals surface area (Å²) in [4.78, 5) is 26.3. The topological polar surface area (TPSA) is 56.5 Å². The summed E-state index contributed by atoms with van der Waals surface area (Å²) in [6, 6.07) is 6.78. The highest BCUT2D eigenvalue weighted by atomic mass is 35.5. The van der Waals surface area contributed by atoms with E-state index in [2.05, 4.69) is 0 Å². The molecule has 0 atom stereocenters. The highest BCUT2D eigenvalue weighted by molar-refractivity contribution is 7.14. The molecule has 0 aliphatic heterocycles. The van der Waals surface area contributed by atoms with E-state index in [0.717, 1.165) is 18.4 Å². The number of thiophene rings is 1. The molecule has 0 amide bonds. The van der Waals surface area contributed by atoms with Crippen LogP contribution in [0.4, 0.5) is 0 Å². The van der Waals surface area contributed by atoms with E-state index in [-0.39, 0.29) is 12.6 Å². The molecule has 1 aromatic carbocycles. The first-order valence-corrected chi connectivity index (χ1v) is 10.2. The van der Waals surface area contributed by atoms with Crippen molar-refractivity contribution in [2.75, 3.05) is 0 Å². The zero-order valence-corrected chi connectivity index (χ0v) is 16.5. The predicted octanol–water partition coefficient (Wildman–Crippen LogP) is 5.44. The number of hydrogen-bond acceptors (Lipinski definition) is 5. The molecule has 2 aromatic heterocycles. The smallest absolute Gasteiger partial charge is 0.348 e. The first kappa shape index (κ1) is 18.3. The van der Waals surface area contributed by atoms with E-state index in [1.54, 1.807) is 12.1 Å². The van der Waals surface area contributed by atoms with E-state index >= 15 is 0 Å². The third kappa shape index (κ3) is 3.80. The average Bonchev–Trinajstić information content (AvgIpc) is 2.91. The third-order valence-electron chi connectivity index (χ3n) is 4.92. The number of hydrogen-bond donors (Lipinski definition) is 0. The molecule has 0 radical (unpaired) electrons. The molecule has 4 rings (SSSR count). The van der Waals surface area contributed by atoms with Gasteiger partial charge in [-0.15, -0.1) is 11.3 Å². The lowest BCUT2D eigenvalue weighted by molar-refractivity contribution is 0.0479. The summed E-state index contributed by atoms with van der Waals surface area (Å²) in [6.45, 7) is 1.85. The van der Waals surface area contributed by atoms with Crippen molar-refractivity contribution in [2.45, 2.75) is 45.6 Å². The highest BCUT2D eigenvalue weighted by Gasteiger charge is 2.18. The minimum absolute atomic E-state index is 0.00287. The second-order valence-corrected chi connectivity index (χ2v) is 8.43. The molecule has 0 unspecified atom stereocenters. The number of halogens is 1. The van der Waals surface area contributed by atoms with Crippen LogP contribution in [-0.4, -0.2) is 5.97 Å². The fourth-order valence-electron chi connectivity index (χ4n) is 3.45. The molecule has 0 spiro atoms. The van der Waals surface area contributed by atoms with Crippen LogP contribution in [0.3, 0.4) is 0 Å². The number of benzene rings is 1. The molecule has 1 aliphatic rings. The van der Waals surface area contributed by atoms with E-state index in [9.17, 15) is 9.59 Å². The maximum Gasteiger partial charge on any atom is 0.348 e. The maximum absolute atomic E-state index is 12.5. The number of fused-ring (bicyclic) bond motifs is 2. The SMILES string of the molecule is Cc1cc2oc(=O)cc(COC(=O)c3cc4c(s3)CCCCC4)c2cc1Cl. The van der Waals surface area contributed by atoms with Crippen LogP contribution in [0.5, 0.6) is 0 Å². The lowest BCUT2D eigenvalue weighted by Crippen LogP contribution is -2.07. The summed E-state index contributed by atoms with van der Waals surface area (Å²) in [7, 11) is 0. The summed E-state index contributed by atoms with van der Waals surface area (Å²) in [5.74, 6) is -0.354. The molecule has 4 nitrogen and oxygen atoms in total. The van der Waals surface area contributed by atoms with Gasteiger partial charge in [-0.2, -0.15) is 0 Å². The van der Waals surface area contributed by atoms with E-state index in [1.165, 1.54) is 47.1 Å². The number of aryl methyl sites for hydroxylation is 3. The lowest BCUT2D eigenvalue weighted by atomic mass is 10.1. The third-order valence-corrected chi connectivity index (χ3v) is 6.54. The summed E-state index contributed by atoms with van der Waals surface area (Å²) < 4.78 is 10.7. The monoisotopic (exact) mass is 402 g/mol. The molecule has 27 heavy (non-hydrogen) atoms.